The molecule has 2 rings (SSSR count). The molecular weight excluding hydrogens is 262 g/mol. The van der Waals surface area contributed by atoms with Gasteiger partial charge >= 0.3 is 0 Å². The lowest BCUT2D eigenvalue weighted by atomic mass is 10.3. The summed E-state index contributed by atoms with van der Waals surface area (Å²) in [5.74, 6) is 2.52. The van der Waals surface area contributed by atoms with E-state index in [1.807, 2.05) is 35.8 Å². The largest absolute Gasteiger partial charge is 0.497 e. The van der Waals surface area contributed by atoms with Crippen molar-refractivity contribution in [3.05, 3.63) is 30.1 Å². The average Bonchev–Trinajstić information content (AvgIpc) is 2.80. The molecule has 102 valence electrons. The summed E-state index contributed by atoms with van der Waals surface area (Å²) in [7, 11) is 3.35. The van der Waals surface area contributed by atoms with Crippen LogP contribution < -0.4 is 4.74 Å². The topological polar surface area (TPSA) is 49.2 Å². The summed E-state index contributed by atoms with van der Waals surface area (Å²) in [6.45, 7) is 2.63. The second kappa shape index (κ2) is 6.58. The van der Waals surface area contributed by atoms with E-state index in [0.717, 1.165) is 28.2 Å². The molecule has 19 heavy (non-hydrogen) atoms. The van der Waals surface area contributed by atoms with E-state index in [-0.39, 0.29) is 0 Å². The van der Waals surface area contributed by atoms with Gasteiger partial charge in [0.05, 0.1) is 19.4 Å². The SMILES string of the molecule is COCCSc1nnc(C)n1-c1cccc(OC)c1. The molecule has 6 heteroatoms. The number of methoxy groups -OCH3 is 2. The summed E-state index contributed by atoms with van der Waals surface area (Å²) in [6, 6.07) is 7.86. The molecule has 0 unspecified atom stereocenters. The van der Waals surface area contributed by atoms with Gasteiger partial charge in [-0.05, 0) is 19.1 Å². The monoisotopic (exact) mass is 279 g/mol. The van der Waals surface area contributed by atoms with Crippen molar-refractivity contribution in [3.63, 3.8) is 0 Å². The Labute approximate surface area is 116 Å². The minimum Gasteiger partial charge on any atom is -0.497 e. The predicted molar refractivity (Wildman–Crippen MR) is 75.2 cm³/mol. The van der Waals surface area contributed by atoms with E-state index in [2.05, 4.69) is 10.2 Å². The number of nitrogens with zero attached hydrogens (tertiary/aromatic N) is 3. The van der Waals surface area contributed by atoms with Gasteiger partial charge in [-0.1, -0.05) is 17.8 Å². The van der Waals surface area contributed by atoms with Gasteiger partial charge in [0.2, 0.25) is 0 Å². The Morgan fingerprint density at radius 2 is 2.11 bits per heavy atom. The van der Waals surface area contributed by atoms with Gasteiger partial charge < -0.3 is 9.47 Å². The summed E-state index contributed by atoms with van der Waals surface area (Å²) in [6.07, 6.45) is 0. The zero-order valence-corrected chi connectivity index (χ0v) is 12.1. The molecule has 1 aromatic heterocycles. The summed E-state index contributed by atoms with van der Waals surface area (Å²) < 4.78 is 12.3. The molecule has 0 aliphatic rings. The number of hydrogen-bond donors (Lipinski definition) is 0. The highest BCUT2D eigenvalue weighted by molar-refractivity contribution is 7.99. The van der Waals surface area contributed by atoms with E-state index in [9.17, 15) is 0 Å². The molecule has 0 bridgehead atoms. The molecule has 0 radical (unpaired) electrons. The fourth-order valence-corrected chi connectivity index (χ4v) is 2.60. The Hall–Kier alpha value is -1.53. The van der Waals surface area contributed by atoms with Crippen LogP contribution in [0.25, 0.3) is 5.69 Å². The molecule has 1 aromatic carbocycles. The van der Waals surface area contributed by atoms with Crippen LogP contribution in [-0.2, 0) is 4.74 Å². The molecule has 5 nitrogen and oxygen atoms in total. The lowest BCUT2D eigenvalue weighted by Gasteiger charge is -2.09. The Bertz CT molecular complexity index is 542. The van der Waals surface area contributed by atoms with Crippen molar-refractivity contribution >= 4 is 11.8 Å². The summed E-state index contributed by atoms with van der Waals surface area (Å²) >= 11 is 1.62. The maximum absolute atomic E-state index is 5.25. The molecule has 0 aliphatic heterocycles. The Morgan fingerprint density at radius 1 is 1.26 bits per heavy atom. The van der Waals surface area contributed by atoms with Crippen LogP contribution in [0.5, 0.6) is 5.75 Å². The first-order valence-corrected chi connectivity index (χ1v) is 6.93. The number of thioether (sulfide) groups is 1. The van der Waals surface area contributed by atoms with Crippen LogP contribution in [0.2, 0.25) is 0 Å². The second-order valence-corrected chi connectivity index (χ2v) is 4.97. The van der Waals surface area contributed by atoms with E-state index in [1.54, 1.807) is 26.0 Å². The van der Waals surface area contributed by atoms with Gasteiger partial charge in [-0.15, -0.1) is 10.2 Å². The van der Waals surface area contributed by atoms with E-state index >= 15 is 0 Å². The highest BCUT2D eigenvalue weighted by Gasteiger charge is 2.11. The standard InChI is InChI=1S/C13H17N3O2S/c1-10-14-15-13(19-8-7-17-2)16(10)11-5-4-6-12(9-11)18-3/h4-6,9H,7-8H2,1-3H3. The first kappa shape index (κ1) is 13.9. The average molecular weight is 279 g/mol. The maximum Gasteiger partial charge on any atom is 0.195 e. The number of benzene rings is 1. The molecular formula is C13H17N3O2S. The summed E-state index contributed by atoms with van der Waals surface area (Å²) in [4.78, 5) is 0. The molecule has 1 heterocycles. The molecule has 2 aromatic rings. The normalized spacial score (nSPS) is 10.7. The first-order chi connectivity index (χ1) is 9.26. The van der Waals surface area contributed by atoms with Gasteiger partial charge in [-0.3, -0.25) is 4.57 Å². The smallest absolute Gasteiger partial charge is 0.195 e. The van der Waals surface area contributed by atoms with E-state index in [4.69, 9.17) is 9.47 Å². The van der Waals surface area contributed by atoms with Gasteiger partial charge in [-0.25, -0.2) is 0 Å². The third-order valence-electron chi connectivity index (χ3n) is 2.63. The van der Waals surface area contributed by atoms with E-state index < -0.39 is 0 Å². The second-order valence-electron chi connectivity index (χ2n) is 3.91. The molecule has 0 N–H and O–H groups in total. The van der Waals surface area contributed by atoms with Crippen molar-refractivity contribution in [1.82, 2.24) is 14.8 Å². The van der Waals surface area contributed by atoms with Crippen LogP contribution in [0.15, 0.2) is 29.4 Å². The van der Waals surface area contributed by atoms with Crippen LogP contribution >= 0.6 is 11.8 Å². The first-order valence-electron chi connectivity index (χ1n) is 5.94. The van der Waals surface area contributed by atoms with Crippen molar-refractivity contribution in [2.75, 3.05) is 26.6 Å². The van der Waals surface area contributed by atoms with Crippen LogP contribution in [0.4, 0.5) is 0 Å². The fourth-order valence-electron chi connectivity index (χ4n) is 1.70. The fraction of sp³-hybridized carbons (Fsp3) is 0.385. The quantitative estimate of drug-likeness (QED) is 0.600. The Morgan fingerprint density at radius 3 is 2.84 bits per heavy atom. The van der Waals surface area contributed by atoms with Crippen molar-refractivity contribution < 1.29 is 9.47 Å². The minimum absolute atomic E-state index is 0.689. The Kier molecular flexibility index (Phi) is 4.81. The van der Waals surface area contributed by atoms with Gasteiger partial charge in [0.1, 0.15) is 11.6 Å². The zero-order chi connectivity index (χ0) is 13.7. The number of hydrogen-bond acceptors (Lipinski definition) is 5. The van der Waals surface area contributed by atoms with Gasteiger partial charge in [-0.2, -0.15) is 0 Å². The summed E-state index contributed by atoms with van der Waals surface area (Å²) in [5, 5.41) is 9.20. The highest BCUT2D eigenvalue weighted by Crippen LogP contribution is 2.24. The molecule has 0 atom stereocenters. The maximum atomic E-state index is 5.25. The number of rotatable bonds is 6. The molecule has 0 aliphatic carbocycles. The minimum atomic E-state index is 0.689. The number of ether oxygens (including phenoxy) is 2. The third kappa shape index (κ3) is 3.27. The molecule has 0 saturated carbocycles. The van der Waals surface area contributed by atoms with Crippen molar-refractivity contribution in [2.45, 2.75) is 12.1 Å². The van der Waals surface area contributed by atoms with Crippen molar-refractivity contribution in [2.24, 2.45) is 0 Å². The molecule has 0 amide bonds. The summed E-state index contributed by atoms with van der Waals surface area (Å²) in [5.41, 5.74) is 1.00. The molecule has 0 fully saturated rings. The van der Waals surface area contributed by atoms with E-state index in [0.29, 0.717) is 6.61 Å². The number of aryl methyl sites for hydroxylation is 1. The highest BCUT2D eigenvalue weighted by atomic mass is 32.2. The van der Waals surface area contributed by atoms with Crippen molar-refractivity contribution in [1.29, 1.82) is 0 Å². The van der Waals surface area contributed by atoms with Crippen molar-refractivity contribution in [3.8, 4) is 11.4 Å². The Balaban J connectivity index is 2.29. The lowest BCUT2D eigenvalue weighted by molar-refractivity contribution is 0.218. The van der Waals surface area contributed by atoms with Gasteiger partial charge in [0, 0.05) is 18.9 Å². The predicted octanol–water partition coefficient (Wildman–Crippen LogP) is 2.32. The number of aromatic nitrogens is 3. The van der Waals surface area contributed by atoms with E-state index in [1.165, 1.54) is 0 Å². The lowest BCUT2D eigenvalue weighted by Crippen LogP contribution is -2.01. The van der Waals surface area contributed by atoms with Crippen LogP contribution in [0, 0.1) is 6.92 Å². The third-order valence-corrected chi connectivity index (χ3v) is 3.52. The van der Waals surface area contributed by atoms with Gasteiger partial charge in [0.25, 0.3) is 0 Å². The van der Waals surface area contributed by atoms with Crippen LogP contribution in [0.1, 0.15) is 5.82 Å². The van der Waals surface area contributed by atoms with Crippen LogP contribution in [0.3, 0.4) is 0 Å². The molecule has 0 spiro atoms. The van der Waals surface area contributed by atoms with Crippen LogP contribution in [-0.4, -0.2) is 41.3 Å². The zero-order valence-electron chi connectivity index (χ0n) is 11.3. The van der Waals surface area contributed by atoms with Gasteiger partial charge in [0.15, 0.2) is 5.16 Å². The molecule has 0 saturated heterocycles.